The van der Waals surface area contributed by atoms with Crippen molar-refractivity contribution in [3.63, 3.8) is 0 Å². The number of amides is 2. The van der Waals surface area contributed by atoms with E-state index in [-0.39, 0.29) is 44.4 Å². The number of unbranched alkanes of at least 4 members (excludes halogenated alkanes) is 3. The van der Waals surface area contributed by atoms with Crippen molar-refractivity contribution < 1.29 is 38.5 Å². The molecule has 398 valence electrons. The molecular weight excluding hydrogens is 990 g/mol. The number of halogens is 1. The van der Waals surface area contributed by atoms with Gasteiger partial charge in [-0.1, -0.05) is 164 Å². The minimum absolute atomic E-state index is 0.0462. The number of ether oxygens (including phenoxy) is 3. The number of carbonyl (C=O) groups excluding carboxylic acids is 3. The Morgan fingerprint density at radius 3 is 1.95 bits per heavy atom. The van der Waals surface area contributed by atoms with Crippen molar-refractivity contribution in [3.8, 4) is 22.5 Å². The van der Waals surface area contributed by atoms with Crippen LogP contribution >= 0.6 is 11.6 Å². The average molecular weight is 1050 g/mol. The first-order chi connectivity index (χ1) is 36.8. The number of imidazole rings is 1. The normalized spacial score (nSPS) is 11.9. The third-order valence-corrected chi connectivity index (χ3v) is 12.8. The van der Waals surface area contributed by atoms with E-state index in [2.05, 4.69) is 82.2 Å². The Morgan fingerprint density at radius 1 is 0.737 bits per heavy atom. The molecule has 7 rings (SSSR count). The predicted molar refractivity (Wildman–Crippen MR) is 287 cm³/mol. The van der Waals surface area contributed by atoms with Crippen LogP contribution in [-0.4, -0.2) is 84.4 Å². The number of carbonyl (C=O) groups is 3. The molecule has 0 bridgehead atoms. The van der Waals surface area contributed by atoms with Crippen molar-refractivity contribution >= 4 is 29.8 Å². The molecule has 0 aliphatic heterocycles. The average Bonchev–Trinajstić information content (AvgIpc) is 4.07. The number of aryl methyl sites for hydroxylation is 1. The molecule has 2 N–H and O–H groups in total. The van der Waals surface area contributed by atoms with Crippen molar-refractivity contribution in [1.82, 2.24) is 40.4 Å². The fraction of sp³-hybridized carbons (Fsp3) is 0.351. The van der Waals surface area contributed by atoms with Crippen LogP contribution in [0.3, 0.4) is 0 Å². The van der Waals surface area contributed by atoms with E-state index in [0.29, 0.717) is 43.7 Å². The Kier molecular flexibility index (Phi) is 19.7. The Bertz CT molecular complexity index is 2890. The minimum Gasteiger partial charge on any atom is -0.464 e. The number of alkyl carbamates (subject to hydrolysis) is 2. The van der Waals surface area contributed by atoms with Gasteiger partial charge in [-0.25, -0.2) is 24.0 Å². The maximum Gasteiger partial charge on any atom is 0.408 e. The highest BCUT2D eigenvalue weighted by atomic mass is 35.5. The minimum atomic E-state index is -1.10. The summed E-state index contributed by atoms with van der Waals surface area (Å²) >= 11 is 6.81. The molecule has 0 saturated carbocycles. The van der Waals surface area contributed by atoms with Crippen LogP contribution in [0.15, 0.2) is 140 Å². The van der Waals surface area contributed by atoms with Crippen molar-refractivity contribution in [2.24, 2.45) is 0 Å². The van der Waals surface area contributed by atoms with Crippen LogP contribution < -0.4 is 10.6 Å². The van der Waals surface area contributed by atoms with Crippen LogP contribution in [0, 0.1) is 10.1 Å². The van der Waals surface area contributed by atoms with Crippen molar-refractivity contribution in [2.45, 2.75) is 109 Å². The first kappa shape index (κ1) is 55.6. The van der Waals surface area contributed by atoms with Crippen LogP contribution in [0.5, 0.6) is 0 Å². The van der Waals surface area contributed by atoms with Gasteiger partial charge in [0.15, 0.2) is 11.0 Å². The maximum absolute atomic E-state index is 13.5. The number of hydrogen-bond acceptors (Lipinski definition) is 13. The highest BCUT2D eigenvalue weighted by Gasteiger charge is 2.42. The molecule has 19 heteroatoms. The maximum atomic E-state index is 13.5. The van der Waals surface area contributed by atoms with Crippen molar-refractivity contribution in [3.05, 3.63) is 189 Å². The Labute approximate surface area is 447 Å². The topological polar surface area (TPSA) is 217 Å². The smallest absolute Gasteiger partial charge is 0.408 e. The van der Waals surface area contributed by atoms with Gasteiger partial charge < -0.3 is 34.2 Å². The summed E-state index contributed by atoms with van der Waals surface area (Å²) in [5, 5.41) is 29.0. The van der Waals surface area contributed by atoms with Gasteiger partial charge in [0.1, 0.15) is 29.6 Å². The van der Waals surface area contributed by atoms with Gasteiger partial charge >= 0.3 is 18.2 Å². The van der Waals surface area contributed by atoms with Gasteiger partial charge in [-0.3, -0.25) is 0 Å². The van der Waals surface area contributed by atoms with Crippen molar-refractivity contribution in [1.29, 1.82) is 0 Å². The molecule has 0 fully saturated rings. The van der Waals surface area contributed by atoms with Crippen molar-refractivity contribution in [2.75, 3.05) is 19.8 Å². The summed E-state index contributed by atoms with van der Waals surface area (Å²) in [6.45, 7) is 7.58. The van der Waals surface area contributed by atoms with Gasteiger partial charge in [-0.2, -0.15) is 0 Å². The summed E-state index contributed by atoms with van der Waals surface area (Å²) in [5.41, 5.74) is 5.47. The van der Waals surface area contributed by atoms with Crippen LogP contribution in [-0.2, 0) is 49.0 Å². The first-order valence-electron chi connectivity index (χ1n) is 25.5. The molecule has 7 aromatic rings. The second-order valence-corrected chi connectivity index (χ2v) is 19.4. The molecule has 2 heterocycles. The number of hydrogen-bond donors (Lipinski definition) is 2. The number of benzene rings is 5. The van der Waals surface area contributed by atoms with E-state index in [9.17, 15) is 24.5 Å². The molecule has 18 nitrogen and oxygen atoms in total. The molecule has 0 aliphatic rings. The molecule has 5 aromatic carbocycles. The number of tetrazole rings is 1. The van der Waals surface area contributed by atoms with E-state index < -0.39 is 40.4 Å². The lowest BCUT2D eigenvalue weighted by Gasteiger charge is -2.36. The van der Waals surface area contributed by atoms with E-state index in [1.807, 2.05) is 94.2 Å². The number of rotatable bonds is 26. The molecule has 2 amide bonds. The number of nitrogens with one attached hydrogen (secondary N) is 2. The number of aromatic nitrogens is 6. The third kappa shape index (κ3) is 14.6. The van der Waals surface area contributed by atoms with E-state index in [4.69, 9.17) is 41.1 Å². The van der Waals surface area contributed by atoms with E-state index in [0.717, 1.165) is 57.6 Å². The monoisotopic (exact) mass is 1050 g/mol. The summed E-state index contributed by atoms with van der Waals surface area (Å²) in [6, 6.07) is 46.0. The molecule has 0 aliphatic carbocycles. The van der Waals surface area contributed by atoms with Gasteiger partial charge in [-0.05, 0) is 103 Å². The van der Waals surface area contributed by atoms with Gasteiger partial charge in [-0.15, -0.1) is 15.2 Å². The summed E-state index contributed by atoms with van der Waals surface area (Å²) in [5.74, 6) is 0.602. The molecule has 1 atom stereocenters. The second kappa shape index (κ2) is 26.9. The Morgan fingerprint density at radius 2 is 1.34 bits per heavy atom. The lowest BCUT2D eigenvalue weighted by Crippen LogP contribution is -2.42. The zero-order valence-electron chi connectivity index (χ0n) is 43.2. The largest absolute Gasteiger partial charge is 0.464 e. The van der Waals surface area contributed by atoms with Gasteiger partial charge in [0, 0.05) is 25.1 Å². The van der Waals surface area contributed by atoms with E-state index in [1.54, 1.807) is 20.8 Å². The highest BCUT2D eigenvalue weighted by molar-refractivity contribution is 6.30. The quantitative estimate of drug-likeness (QED) is 0.0129. The second-order valence-electron chi connectivity index (χ2n) is 19.0. The van der Waals surface area contributed by atoms with Gasteiger partial charge in [0.2, 0.25) is 0 Å². The fourth-order valence-corrected chi connectivity index (χ4v) is 9.16. The molecular formula is C57H64ClN9O9. The summed E-state index contributed by atoms with van der Waals surface area (Å²) < 4.78 is 20.4. The summed E-state index contributed by atoms with van der Waals surface area (Å²) in [6.07, 6.45) is 2.60. The Balaban J connectivity index is 1.09. The van der Waals surface area contributed by atoms with Crippen LogP contribution in [0.25, 0.3) is 22.5 Å². The standard InChI is InChI=1S/C57H64ClN9O9/c1-5-6-31-50-61-51(58)49(40-74-55(70)60-48(53(68)73-37-20-21-38-75-67(71)72)30-18-19-36-59-54(69)76-56(2,3)4)65(50)39-41-32-34-42(35-33-41)46-28-16-17-29-47(46)52-62-63-64-66(52)57(43-22-10-7-11-23-43,44-24-12-8-13-25-44)45-26-14-9-15-27-45/h7-17,22-29,32-35,48H,5-6,18-21,30-31,36-40H2,1-4H3,(H,59,69)(H,60,70)/t48-/m0/s1. The van der Waals surface area contributed by atoms with Crippen LogP contribution in [0.1, 0.15) is 106 Å². The van der Waals surface area contributed by atoms with E-state index >= 15 is 0 Å². The van der Waals surface area contributed by atoms with Crippen LogP contribution in [0.2, 0.25) is 5.15 Å². The molecule has 0 saturated heterocycles. The van der Waals surface area contributed by atoms with Gasteiger partial charge in [0.05, 0.1) is 18.9 Å². The Hall–Kier alpha value is -8.12. The molecule has 0 radical (unpaired) electrons. The van der Waals surface area contributed by atoms with Crippen LogP contribution in [0.4, 0.5) is 9.59 Å². The molecule has 0 unspecified atom stereocenters. The zero-order valence-corrected chi connectivity index (χ0v) is 44.0. The first-order valence-corrected chi connectivity index (χ1v) is 25.9. The fourth-order valence-electron chi connectivity index (χ4n) is 8.90. The molecule has 0 spiro atoms. The molecule has 76 heavy (non-hydrogen) atoms. The number of esters is 1. The predicted octanol–water partition coefficient (Wildman–Crippen LogP) is 10.9. The lowest BCUT2D eigenvalue weighted by atomic mass is 9.77. The van der Waals surface area contributed by atoms with Gasteiger partial charge in [0.25, 0.3) is 5.09 Å². The highest BCUT2D eigenvalue weighted by Crippen LogP contribution is 2.43. The third-order valence-electron chi connectivity index (χ3n) is 12.5. The summed E-state index contributed by atoms with van der Waals surface area (Å²) in [4.78, 5) is 58.4. The lowest BCUT2D eigenvalue weighted by molar-refractivity contribution is -0.757. The van der Waals surface area contributed by atoms with E-state index in [1.165, 1.54) is 0 Å². The SMILES string of the molecule is CCCCc1nc(Cl)c(COC(=O)N[C@@H](CCCCNC(=O)OC(C)(C)C)C(=O)OCCCCO[N+](=O)[O-])n1Cc1ccc(-c2ccccc2-c2nnnn2C(c2ccccc2)(c2ccccc2)c2ccccc2)cc1. The number of nitrogens with zero attached hydrogens (tertiary/aromatic N) is 7. The summed E-state index contributed by atoms with van der Waals surface area (Å²) in [7, 11) is 0. The molecule has 2 aromatic heterocycles. The zero-order chi connectivity index (χ0) is 53.9.